The minimum absolute atomic E-state index is 0. The van der Waals surface area contributed by atoms with E-state index in [1.165, 1.54) is 0 Å². The number of halogens is 2. The second-order valence-corrected chi connectivity index (χ2v) is 10.6. The van der Waals surface area contributed by atoms with Gasteiger partial charge >= 0.3 is 5.63 Å². The van der Waals surface area contributed by atoms with Gasteiger partial charge in [0.1, 0.15) is 16.7 Å². The highest BCUT2D eigenvalue weighted by molar-refractivity contribution is 7.22. The maximum Gasteiger partial charge on any atom is 0.349 e. The standard InChI is InChI=1S/C28H25ClN4O4S.ClH/c1-36-25-21(29)7-9-23-24(25)31-28(38-23)33-14-12-32(13-15-33)11-10-30-26(34)20-16-19-18-5-3-2-4-17(18)6-8-22(19)37-27(20)35;/h2-9,16H,10-15H2,1H3,(H,30,34);1H. The molecule has 1 N–H and O–H groups in total. The van der Waals surface area contributed by atoms with Crippen molar-refractivity contribution in [1.82, 2.24) is 15.2 Å². The number of aromatic nitrogens is 1. The van der Waals surface area contributed by atoms with Gasteiger partial charge in [0, 0.05) is 44.7 Å². The number of methoxy groups -OCH3 is 1. The molecule has 0 radical (unpaired) electrons. The van der Waals surface area contributed by atoms with E-state index >= 15 is 0 Å². The average molecular weight is 586 g/mol. The van der Waals surface area contributed by atoms with Gasteiger partial charge in [-0.3, -0.25) is 9.69 Å². The van der Waals surface area contributed by atoms with Gasteiger partial charge in [-0.05, 0) is 35.0 Å². The Balaban J connectivity index is 0.00000308. The number of thiazole rings is 1. The number of nitrogens with zero attached hydrogens (tertiary/aromatic N) is 3. The van der Waals surface area contributed by atoms with Crippen molar-refractivity contribution >= 4 is 78.3 Å². The monoisotopic (exact) mass is 584 g/mol. The number of nitrogens with one attached hydrogen (secondary N) is 1. The van der Waals surface area contributed by atoms with Crippen LogP contribution in [-0.2, 0) is 0 Å². The second-order valence-electron chi connectivity index (χ2n) is 9.15. The van der Waals surface area contributed by atoms with Gasteiger partial charge in [0.05, 0.1) is 16.8 Å². The van der Waals surface area contributed by atoms with Crippen LogP contribution in [0.2, 0.25) is 5.02 Å². The summed E-state index contributed by atoms with van der Waals surface area (Å²) in [6.45, 7) is 4.45. The first kappa shape index (κ1) is 27.2. The number of carbonyl (C=O) groups is 1. The molecule has 39 heavy (non-hydrogen) atoms. The van der Waals surface area contributed by atoms with E-state index < -0.39 is 11.5 Å². The number of hydrogen-bond donors (Lipinski definition) is 1. The van der Waals surface area contributed by atoms with E-state index in [-0.39, 0.29) is 18.0 Å². The van der Waals surface area contributed by atoms with Gasteiger partial charge in [-0.2, -0.15) is 0 Å². The van der Waals surface area contributed by atoms with Gasteiger partial charge in [0.2, 0.25) is 0 Å². The second kappa shape index (κ2) is 11.4. The number of rotatable bonds is 6. The molecule has 6 rings (SSSR count). The third-order valence-electron chi connectivity index (χ3n) is 6.90. The minimum Gasteiger partial charge on any atom is -0.493 e. The highest BCUT2D eigenvalue weighted by Crippen LogP contribution is 2.38. The van der Waals surface area contributed by atoms with Gasteiger partial charge in [-0.1, -0.05) is 53.3 Å². The molecule has 1 aliphatic heterocycles. The quantitative estimate of drug-likeness (QED) is 0.217. The summed E-state index contributed by atoms with van der Waals surface area (Å²) in [6, 6.07) is 16.9. The Morgan fingerprint density at radius 1 is 1.10 bits per heavy atom. The van der Waals surface area contributed by atoms with Crippen LogP contribution in [0.3, 0.4) is 0 Å². The van der Waals surface area contributed by atoms with Crippen molar-refractivity contribution in [2.24, 2.45) is 0 Å². The molecule has 1 amide bonds. The van der Waals surface area contributed by atoms with Crippen LogP contribution in [0.1, 0.15) is 10.4 Å². The molecule has 1 fully saturated rings. The van der Waals surface area contributed by atoms with Gasteiger partial charge in [0.25, 0.3) is 5.91 Å². The number of hydrogen-bond acceptors (Lipinski definition) is 8. The fraction of sp³-hybridized carbons (Fsp3) is 0.250. The highest BCUT2D eigenvalue weighted by Gasteiger charge is 2.22. The molecule has 3 heterocycles. The minimum atomic E-state index is -0.632. The van der Waals surface area contributed by atoms with E-state index in [9.17, 15) is 9.59 Å². The number of fused-ring (bicyclic) bond motifs is 4. The molecule has 0 saturated carbocycles. The lowest BCUT2D eigenvalue weighted by atomic mass is 10.0. The number of ether oxygens (including phenoxy) is 1. The third-order valence-corrected chi connectivity index (χ3v) is 8.28. The zero-order chi connectivity index (χ0) is 26.2. The molecule has 0 unspecified atom stereocenters. The topological polar surface area (TPSA) is 87.9 Å². The van der Waals surface area contributed by atoms with Gasteiger partial charge < -0.3 is 19.4 Å². The first-order valence-electron chi connectivity index (χ1n) is 12.4. The van der Waals surface area contributed by atoms with Gasteiger partial charge in [0.15, 0.2) is 10.9 Å². The van der Waals surface area contributed by atoms with E-state index in [1.54, 1.807) is 30.6 Å². The van der Waals surface area contributed by atoms with Crippen molar-refractivity contribution in [2.75, 3.05) is 51.3 Å². The summed E-state index contributed by atoms with van der Waals surface area (Å²) in [7, 11) is 1.60. The maximum absolute atomic E-state index is 12.9. The van der Waals surface area contributed by atoms with E-state index in [0.29, 0.717) is 29.4 Å². The van der Waals surface area contributed by atoms with Crippen LogP contribution in [0, 0.1) is 0 Å². The maximum atomic E-state index is 12.9. The van der Waals surface area contributed by atoms with Crippen LogP contribution in [0.4, 0.5) is 5.13 Å². The molecule has 0 bridgehead atoms. The number of amides is 1. The number of piperazine rings is 1. The van der Waals surface area contributed by atoms with Crippen molar-refractivity contribution in [2.45, 2.75) is 0 Å². The molecule has 0 atom stereocenters. The van der Waals surface area contributed by atoms with E-state index in [2.05, 4.69) is 15.1 Å². The highest BCUT2D eigenvalue weighted by atomic mass is 35.5. The first-order valence-corrected chi connectivity index (χ1v) is 13.6. The van der Waals surface area contributed by atoms with Gasteiger partial charge in [-0.25, -0.2) is 9.78 Å². The van der Waals surface area contributed by atoms with Crippen molar-refractivity contribution < 1.29 is 13.9 Å². The predicted octanol–water partition coefficient (Wildman–Crippen LogP) is 5.19. The SMILES string of the molecule is COc1c(Cl)ccc2sc(N3CCN(CCNC(=O)c4cc5c(ccc6ccccc65)oc4=O)CC3)nc12.Cl. The Morgan fingerprint density at radius 3 is 2.69 bits per heavy atom. The molecule has 8 nitrogen and oxygen atoms in total. The van der Waals surface area contributed by atoms with Crippen LogP contribution in [-0.4, -0.2) is 62.2 Å². The Labute approximate surface area is 239 Å². The summed E-state index contributed by atoms with van der Waals surface area (Å²) in [4.78, 5) is 34.7. The molecule has 1 saturated heterocycles. The lowest BCUT2D eigenvalue weighted by Gasteiger charge is -2.34. The van der Waals surface area contributed by atoms with Crippen LogP contribution >= 0.6 is 35.3 Å². The number of benzene rings is 3. The van der Waals surface area contributed by atoms with Crippen molar-refractivity contribution in [3.05, 3.63) is 75.6 Å². The Hall–Kier alpha value is -3.37. The van der Waals surface area contributed by atoms with E-state index in [1.807, 2.05) is 42.5 Å². The largest absolute Gasteiger partial charge is 0.493 e. The molecule has 5 aromatic rings. The Bertz CT molecular complexity index is 1730. The van der Waals surface area contributed by atoms with Gasteiger partial charge in [-0.15, -0.1) is 12.4 Å². The summed E-state index contributed by atoms with van der Waals surface area (Å²) in [6.07, 6.45) is 0. The molecular weight excluding hydrogens is 559 g/mol. The smallest absolute Gasteiger partial charge is 0.349 e. The fourth-order valence-corrected chi connectivity index (χ4v) is 6.12. The average Bonchev–Trinajstić information content (AvgIpc) is 3.37. The normalized spacial score (nSPS) is 14.1. The molecule has 202 valence electrons. The number of anilines is 1. The van der Waals surface area contributed by atoms with Crippen LogP contribution in [0.25, 0.3) is 32.0 Å². The van der Waals surface area contributed by atoms with Crippen LogP contribution in [0.5, 0.6) is 5.75 Å². The van der Waals surface area contributed by atoms with E-state index in [0.717, 1.165) is 57.7 Å². The molecule has 0 spiro atoms. The molecular formula is C28H26Cl2N4O4S. The molecule has 3 aromatic carbocycles. The summed E-state index contributed by atoms with van der Waals surface area (Å²) >= 11 is 7.88. The Morgan fingerprint density at radius 2 is 1.90 bits per heavy atom. The third kappa shape index (κ3) is 5.27. The lowest BCUT2D eigenvalue weighted by Crippen LogP contribution is -2.48. The summed E-state index contributed by atoms with van der Waals surface area (Å²) < 4.78 is 11.9. The van der Waals surface area contributed by atoms with Crippen molar-refractivity contribution in [3.8, 4) is 5.75 Å². The first-order chi connectivity index (χ1) is 18.5. The van der Waals surface area contributed by atoms with Crippen LogP contribution in [0.15, 0.2) is 63.8 Å². The molecule has 1 aliphatic rings. The predicted molar refractivity (Wildman–Crippen MR) is 159 cm³/mol. The zero-order valence-electron chi connectivity index (χ0n) is 21.1. The summed E-state index contributed by atoms with van der Waals surface area (Å²) in [5.74, 6) is 0.184. The lowest BCUT2D eigenvalue weighted by molar-refractivity contribution is 0.0944. The van der Waals surface area contributed by atoms with Crippen molar-refractivity contribution in [3.63, 3.8) is 0 Å². The number of carbonyl (C=O) groups excluding carboxylic acids is 1. The molecule has 2 aromatic heterocycles. The summed E-state index contributed by atoms with van der Waals surface area (Å²) in [5, 5.41) is 7.10. The van der Waals surface area contributed by atoms with Crippen LogP contribution < -0.4 is 20.6 Å². The Kier molecular flexibility index (Phi) is 7.95. The molecule has 11 heteroatoms. The fourth-order valence-electron chi connectivity index (χ4n) is 4.88. The van der Waals surface area contributed by atoms with E-state index in [4.69, 9.17) is 25.7 Å². The zero-order valence-corrected chi connectivity index (χ0v) is 23.5. The van der Waals surface area contributed by atoms with Crippen molar-refractivity contribution in [1.29, 1.82) is 0 Å². The summed E-state index contributed by atoms with van der Waals surface area (Å²) in [5.41, 5.74) is 0.645. The molecule has 0 aliphatic carbocycles.